The average Bonchev–Trinajstić information content (AvgIpc) is 3.21. The van der Waals surface area contributed by atoms with Crippen molar-refractivity contribution in [2.75, 3.05) is 40.3 Å². The molecule has 1 aliphatic heterocycles. The summed E-state index contributed by atoms with van der Waals surface area (Å²) in [6.07, 6.45) is 1.94. The standard InChI is InChI=1S/C13H23N5O3/c1-17(2)12(20)10-7-14-5-6-18(10)8-11(19)16-13(21)15-9-3-4-9/h9-10,14H,3-8H2,1-2H3,(H2,15,16,19,21). The summed E-state index contributed by atoms with van der Waals surface area (Å²) >= 11 is 0. The van der Waals surface area contributed by atoms with Crippen molar-refractivity contribution in [3.8, 4) is 0 Å². The number of amides is 4. The Hall–Kier alpha value is -1.67. The van der Waals surface area contributed by atoms with Crippen LogP contribution in [-0.4, -0.2) is 80.0 Å². The number of urea groups is 1. The fourth-order valence-corrected chi connectivity index (χ4v) is 2.28. The second-order valence-electron chi connectivity index (χ2n) is 5.72. The smallest absolute Gasteiger partial charge is 0.321 e. The number of likely N-dealkylation sites (N-methyl/N-ethyl adjacent to an activating group) is 1. The van der Waals surface area contributed by atoms with Gasteiger partial charge in [0.25, 0.3) is 0 Å². The highest BCUT2D eigenvalue weighted by Gasteiger charge is 2.31. The number of carbonyl (C=O) groups is 3. The van der Waals surface area contributed by atoms with Gasteiger partial charge >= 0.3 is 6.03 Å². The van der Waals surface area contributed by atoms with Gasteiger partial charge in [-0.15, -0.1) is 0 Å². The highest BCUT2D eigenvalue weighted by atomic mass is 16.2. The van der Waals surface area contributed by atoms with Crippen LogP contribution in [0.5, 0.6) is 0 Å². The first-order valence-electron chi connectivity index (χ1n) is 7.23. The van der Waals surface area contributed by atoms with Crippen LogP contribution in [0.3, 0.4) is 0 Å². The summed E-state index contributed by atoms with van der Waals surface area (Å²) in [7, 11) is 3.39. The third-order valence-electron chi connectivity index (χ3n) is 3.59. The van der Waals surface area contributed by atoms with Crippen molar-refractivity contribution in [1.29, 1.82) is 0 Å². The second kappa shape index (κ2) is 6.86. The molecule has 1 saturated carbocycles. The van der Waals surface area contributed by atoms with Crippen molar-refractivity contribution < 1.29 is 14.4 Å². The Morgan fingerprint density at radius 2 is 2.00 bits per heavy atom. The molecule has 8 nitrogen and oxygen atoms in total. The lowest BCUT2D eigenvalue weighted by molar-refractivity contribution is -0.136. The maximum absolute atomic E-state index is 12.1. The predicted octanol–water partition coefficient (Wildman–Crippen LogP) is -1.66. The molecule has 4 amide bonds. The molecule has 1 aliphatic carbocycles. The first kappa shape index (κ1) is 15.7. The Morgan fingerprint density at radius 3 is 2.62 bits per heavy atom. The predicted molar refractivity (Wildman–Crippen MR) is 76.6 cm³/mol. The zero-order chi connectivity index (χ0) is 15.4. The lowest BCUT2D eigenvalue weighted by Crippen LogP contribution is -2.59. The summed E-state index contributed by atoms with van der Waals surface area (Å²) in [4.78, 5) is 38.8. The van der Waals surface area contributed by atoms with Gasteiger partial charge in [0.2, 0.25) is 11.8 Å². The zero-order valence-corrected chi connectivity index (χ0v) is 12.5. The quantitative estimate of drug-likeness (QED) is 0.577. The van der Waals surface area contributed by atoms with Gasteiger partial charge in [-0.3, -0.25) is 19.8 Å². The minimum Gasteiger partial charge on any atom is -0.347 e. The van der Waals surface area contributed by atoms with Crippen molar-refractivity contribution in [2.45, 2.75) is 24.9 Å². The monoisotopic (exact) mass is 297 g/mol. The summed E-state index contributed by atoms with van der Waals surface area (Å²) < 4.78 is 0. The lowest BCUT2D eigenvalue weighted by atomic mass is 10.1. The van der Waals surface area contributed by atoms with E-state index in [4.69, 9.17) is 0 Å². The molecule has 0 aromatic rings. The van der Waals surface area contributed by atoms with Crippen LogP contribution in [0, 0.1) is 0 Å². The van der Waals surface area contributed by atoms with Gasteiger partial charge in [-0.1, -0.05) is 0 Å². The summed E-state index contributed by atoms with van der Waals surface area (Å²) in [5.74, 6) is -0.427. The first-order valence-corrected chi connectivity index (χ1v) is 7.23. The molecule has 3 N–H and O–H groups in total. The van der Waals surface area contributed by atoms with E-state index in [0.29, 0.717) is 13.1 Å². The molecule has 1 heterocycles. The molecule has 1 saturated heterocycles. The largest absolute Gasteiger partial charge is 0.347 e. The third kappa shape index (κ3) is 4.68. The number of nitrogens with zero attached hydrogens (tertiary/aromatic N) is 2. The fraction of sp³-hybridized carbons (Fsp3) is 0.769. The third-order valence-corrected chi connectivity index (χ3v) is 3.59. The molecule has 2 aliphatic rings. The highest BCUT2D eigenvalue weighted by Crippen LogP contribution is 2.18. The van der Waals surface area contributed by atoms with Crippen molar-refractivity contribution >= 4 is 17.8 Å². The van der Waals surface area contributed by atoms with E-state index < -0.39 is 6.03 Å². The molecular weight excluding hydrogens is 274 g/mol. The number of hydrogen-bond donors (Lipinski definition) is 3. The van der Waals surface area contributed by atoms with Crippen LogP contribution in [0.4, 0.5) is 4.79 Å². The van der Waals surface area contributed by atoms with E-state index in [9.17, 15) is 14.4 Å². The van der Waals surface area contributed by atoms with Gasteiger partial charge in [0.1, 0.15) is 6.04 Å². The molecule has 2 rings (SSSR count). The second-order valence-corrected chi connectivity index (χ2v) is 5.72. The zero-order valence-electron chi connectivity index (χ0n) is 12.5. The summed E-state index contributed by atoms with van der Waals surface area (Å²) in [5, 5.41) is 8.16. The summed E-state index contributed by atoms with van der Waals surface area (Å²) in [5.41, 5.74) is 0. The topological polar surface area (TPSA) is 93.8 Å². The molecule has 1 unspecified atom stereocenters. The van der Waals surface area contributed by atoms with E-state index in [0.717, 1.165) is 19.4 Å². The Bertz CT molecular complexity index is 422. The maximum Gasteiger partial charge on any atom is 0.321 e. The van der Waals surface area contributed by atoms with E-state index in [-0.39, 0.29) is 30.4 Å². The van der Waals surface area contributed by atoms with Crippen LogP contribution in [-0.2, 0) is 9.59 Å². The lowest BCUT2D eigenvalue weighted by Gasteiger charge is -2.35. The van der Waals surface area contributed by atoms with E-state index in [1.807, 2.05) is 0 Å². The minimum absolute atomic E-state index is 0.0440. The number of hydrogen-bond acceptors (Lipinski definition) is 5. The molecule has 118 valence electrons. The molecule has 0 radical (unpaired) electrons. The van der Waals surface area contributed by atoms with Gasteiger partial charge in [-0.2, -0.15) is 0 Å². The molecular formula is C13H23N5O3. The fourth-order valence-electron chi connectivity index (χ4n) is 2.28. The number of imide groups is 1. The first-order chi connectivity index (χ1) is 9.97. The van der Waals surface area contributed by atoms with Crippen molar-refractivity contribution in [3.63, 3.8) is 0 Å². The molecule has 0 spiro atoms. The number of nitrogens with one attached hydrogen (secondary N) is 3. The van der Waals surface area contributed by atoms with Gasteiger partial charge in [0.15, 0.2) is 0 Å². The van der Waals surface area contributed by atoms with E-state index in [1.165, 1.54) is 4.90 Å². The molecule has 0 aromatic carbocycles. The molecule has 0 bridgehead atoms. The molecule has 2 fully saturated rings. The summed E-state index contributed by atoms with van der Waals surface area (Å²) in [6, 6.07) is -0.612. The Morgan fingerprint density at radius 1 is 1.29 bits per heavy atom. The van der Waals surface area contributed by atoms with Crippen LogP contribution >= 0.6 is 0 Å². The van der Waals surface area contributed by atoms with Crippen molar-refractivity contribution in [2.24, 2.45) is 0 Å². The Balaban J connectivity index is 1.84. The van der Waals surface area contributed by atoms with Gasteiger partial charge in [0, 0.05) is 39.8 Å². The Labute approximate surface area is 124 Å². The average molecular weight is 297 g/mol. The van der Waals surface area contributed by atoms with Gasteiger partial charge in [-0.25, -0.2) is 4.79 Å². The van der Waals surface area contributed by atoms with Gasteiger partial charge in [-0.05, 0) is 12.8 Å². The maximum atomic E-state index is 12.1. The van der Waals surface area contributed by atoms with Crippen LogP contribution < -0.4 is 16.0 Å². The van der Waals surface area contributed by atoms with Crippen LogP contribution in [0.2, 0.25) is 0 Å². The number of rotatable bonds is 4. The van der Waals surface area contributed by atoms with Crippen molar-refractivity contribution in [1.82, 2.24) is 25.8 Å². The number of piperazine rings is 1. The normalized spacial score (nSPS) is 22.5. The molecule has 0 aromatic heterocycles. The SMILES string of the molecule is CN(C)C(=O)C1CNCCN1CC(=O)NC(=O)NC1CC1. The van der Waals surface area contributed by atoms with E-state index in [2.05, 4.69) is 16.0 Å². The number of carbonyl (C=O) groups excluding carboxylic acids is 3. The van der Waals surface area contributed by atoms with Gasteiger partial charge < -0.3 is 15.5 Å². The van der Waals surface area contributed by atoms with E-state index in [1.54, 1.807) is 19.0 Å². The molecule has 1 atom stereocenters. The Kier molecular flexibility index (Phi) is 5.13. The minimum atomic E-state index is -0.451. The molecule has 8 heteroatoms. The highest BCUT2D eigenvalue weighted by molar-refractivity contribution is 5.95. The van der Waals surface area contributed by atoms with Crippen LogP contribution in [0.25, 0.3) is 0 Å². The van der Waals surface area contributed by atoms with Gasteiger partial charge in [0.05, 0.1) is 6.54 Å². The van der Waals surface area contributed by atoms with E-state index >= 15 is 0 Å². The van der Waals surface area contributed by atoms with Crippen LogP contribution in [0.15, 0.2) is 0 Å². The van der Waals surface area contributed by atoms with Crippen molar-refractivity contribution in [3.05, 3.63) is 0 Å². The molecule has 21 heavy (non-hydrogen) atoms. The summed E-state index contributed by atoms with van der Waals surface area (Å²) in [6.45, 7) is 1.88. The van der Waals surface area contributed by atoms with Crippen LogP contribution in [0.1, 0.15) is 12.8 Å².